The van der Waals surface area contributed by atoms with Crippen LogP contribution in [-0.2, 0) is 32.2 Å². The zero-order valence-electron chi connectivity index (χ0n) is 26.2. The van der Waals surface area contributed by atoms with Crippen LogP contribution >= 0.6 is 11.8 Å². The molecule has 47 heavy (non-hydrogen) atoms. The molecule has 2 amide bonds. The molecule has 1 fully saturated rings. The molecule has 246 valence electrons. The summed E-state index contributed by atoms with van der Waals surface area (Å²) in [5.74, 6) is 0.288. The van der Waals surface area contributed by atoms with Crippen molar-refractivity contribution in [3.8, 4) is 11.1 Å². The van der Waals surface area contributed by atoms with Gasteiger partial charge in [-0.2, -0.15) is 0 Å². The summed E-state index contributed by atoms with van der Waals surface area (Å²) >= 11 is 1.67. The van der Waals surface area contributed by atoms with Crippen molar-refractivity contribution in [2.75, 3.05) is 5.75 Å². The van der Waals surface area contributed by atoms with E-state index >= 15 is 0 Å². The van der Waals surface area contributed by atoms with Crippen LogP contribution in [-0.4, -0.2) is 39.0 Å². The number of nitrogens with one attached hydrogen (secondary N) is 2. The predicted octanol–water partition coefficient (Wildman–Crippen LogP) is 6.65. The number of hydroxylamine groups is 1. The second-order valence-corrected chi connectivity index (χ2v) is 12.6. The van der Waals surface area contributed by atoms with Crippen LogP contribution in [0.1, 0.15) is 73.2 Å². The van der Waals surface area contributed by atoms with E-state index in [1.54, 1.807) is 23.4 Å². The Morgan fingerprint density at radius 3 is 2.32 bits per heavy atom. The number of carbonyl (C=O) groups is 2. The third-order valence-electron chi connectivity index (χ3n) is 8.01. The van der Waals surface area contributed by atoms with Crippen molar-refractivity contribution in [3.63, 3.8) is 0 Å². The van der Waals surface area contributed by atoms with Crippen molar-refractivity contribution >= 4 is 23.6 Å². The summed E-state index contributed by atoms with van der Waals surface area (Å²) in [5, 5.41) is 22.0. The van der Waals surface area contributed by atoms with Crippen molar-refractivity contribution in [2.45, 2.75) is 75.2 Å². The molecule has 0 saturated carbocycles. The highest BCUT2D eigenvalue weighted by molar-refractivity contribution is 7.99. The summed E-state index contributed by atoms with van der Waals surface area (Å²) < 4.78 is 13.1. The summed E-state index contributed by atoms with van der Waals surface area (Å²) in [7, 11) is 0. The number of benzene rings is 3. The summed E-state index contributed by atoms with van der Waals surface area (Å²) in [5.41, 5.74) is 7.47. The van der Waals surface area contributed by atoms with Gasteiger partial charge >= 0.3 is 0 Å². The van der Waals surface area contributed by atoms with Crippen molar-refractivity contribution in [2.24, 2.45) is 0 Å². The number of aliphatic hydroxyl groups is 1. The topological polar surface area (TPSA) is 130 Å². The molecule has 3 aromatic carbocycles. The lowest BCUT2D eigenvalue weighted by molar-refractivity contribution is -0.245. The minimum atomic E-state index is -0.568. The molecule has 1 aliphatic heterocycles. The summed E-state index contributed by atoms with van der Waals surface area (Å²) in [4.78, 5) is 27.9. The average Bonchev–Trinajstić information content (AvgIpc) is 3.13. The van der Waals surface area contributed by atoms with E-state index in [0.29, 0.717) is 32.2 Å². The van der Waals surface area contributed by atoms with Gasteiger partial charge in [0, 0.05) is 43.3 Å². The highest BCUT2D eigenvalue weighted by Gasteiger charge is 2.32. The molecule has 0 spiro atoms. The lowest BCUT2D eigenvalue weighted by Crippen LogP contribution is -2.31. The van der Waals surface area contributed by atoms with E-state index in [4.69, 9.17) is 14.7 Å². The molecule has 0 aliphatic carbocycles. The van der Waals surface area contributed by atoms with E-state index in [1.165, 1.54) is 0 Å². The van der Waals surface area contributed by atoms with Crippen LogP contribution in [0.25, 0.3) is 11.1 Å². The second-order valence-electron chi connectivity index (χ2n) is 11.5. The Bertz CT molecular complexity index is 1590. The van der Waals surface area contributed by atoms with Crippen LogP contribution in [0.2, 0.25) is 0 Å². The van der Waals surface area contributed by atoms with Crippen molar-refractivity contribution in [1.82, 2.24) is 15.8 Å². The van der Waals surface area contributed by atoms with Gasteiger partial charge in [0.15, 0.2) is 6.29 Å². The second kappa shape index (κ2) is 17.7. The number of carbonyl (C=O) groups excluding carboxylic acids is 2. The third-order valence-corrected chi connectivity index (χ3v) is 9.09. The van der Waals surface area contributed by atoms with Gasteiger partial charge in [0.05, 0.1) is 23.8 Å². The van der Waals surface area contributed by atoms with Crippen LogP contribution in [0, 0.1) is 0 Å². The average molecular weight is 656 g/mol. The Labute approximate surface area is 279 Å². The van der Waals surface area contributed by atoms with Crippen molar-refractivity contribution in [3.05, 3.63) is 119 Å². The lowest BCUT2D eigenvalue weighted by Gasteiger charge is -2.36. The Hall–Kier alpha value is -4.06. The van der Waals surface area contributed by atoms with E-state index in [2.05, 4.69) is 28.5 Å². The quantitative estimate of drug-likeness (QED) is 0.0485. The number of amides is 2. The maximum absolute atomic E-state index is 12.4. The zero-order valence-corrected chi connectivity index (χ0v) is 27.0. The van der Waals surface area contributed by atoms with Gasteiger partial charge in [-0.25, -0.2) is 10.5 Å². The maximum atomic E-state index is 12.4. The van der Waals surface area contributed by atoms with E-state index in [1.807, 2.05) is 72.8 Å². The first-order valence-electron chi connectivity index (χ1n) is 15.9. The Kier molecular flexibility index (Phi) is 12.9. The Balaban J connectivity index is 1.24. The van der Waals surface area contributed by atoms with E-state index in [9.17, 15) is 14.7 Å². The number of hydrogen-bond acceptors (Lipinski definition) is 8. The zero-order chi connectivity index (χ0) is 32.8. The third kappa shape index (κ3) is 10.5. The van der Waals surface area contributed by atoms with Crippen LogP contribution < -0.4 is 10.8 Å². The minimum absolute atomic E-state index is 0.00368. The molecular formula is C37H41N3O6S. The molecule has 1 aromatic heterocycles. The normalized spacial score (nSPS) is 17.6. The minimum Gasteiger partial charge on any atom is -0.392 e. The number of aliphatic hydroxyl groups excluding tert-OH is 1. The Morgan fingerprint density at radius 2 is 1.57 bits per heavy atom. The summed E-state index contributed by atoms with van der Waals surface area (Å²) in [6.45, 7) is 0.413. The van der Waals surface area contributed by atoms with Gasteiger partial charge in [0.2, 0.25) is 11.8 Å². The molecule has 3 atom stereocenters. The van der Waals surface area contributed by atoms with Gasteiger partial charge in [-0.3, -0.25) is 14.8 Å². The van der Waals surface area contributed by atoms with Crippen LogP contribution in [0.15, 0.2) is 102 Å². The summed E-state index contributed by atoms with van der Waals surface area (Å²) in [6.07, 6.45) is 4.36. The maximum Gasteiger partial charge on any atom is 0.243 e. The monoisotopic (exact) mass is 655 g/mol. The summed E-state index contributed by atoms with van der Waals surface area (Å²) in [6, 6.07) is 30.1. The highest BCUT2D eigenvalue weighted by Crippen LogP contribution is 2.40. The molecule has 0 unspecified atom stereocenters. The number of aromatic nitrogens is 1. The fraction of sp³-hybridized carbons (Fsp3) is 0.324. The molecular weight excluding hydrogens is 614 g/mol. The first-order valence-corrected chi connectivity index (χ1v) is 16.9. The number of nitrogens with zero attached hydrogens (tertiary/aromatic N) is 1. The predicted molar refractivity (Wildman–Crippen MR) is 180 cm³/mol. The number of ether oxygens (including phenoxy) is 2. The molecule has 4 aromatic rings. The molecule has 2 heterocycles. The SMILES string of the molecule is O=C(CCCCCC(=O)NCc1cccc(-c2cccc([C@@H]3O[C@H](CSc4ccccn4)C[C@H](c4ccc(CO)cc4)O3)c2)c1)NO. The molecule has 5 rings (SSSR count). The van der Waals surface area contributed by atoms with Gasteiger partial charge in [-0.15, -0.1) is 11.8 Å². The molecule has 0 radical (unpaired) electrons. The fourth-order valence-electron chi connectivity index (χ4n) is 5.45. The van der Waals surface area contributed by atoms with Crippen LogP contribution in [0.5, 0.6) is 0 Å². The van der Waals surface area contributed by atoms with Gasteiger partial charge in [0.25, 0.3) is 0 Å². The number of thioether (sulfide) groups is 1. The molecule has 9 nitrogen and oxygen atoms in total. The number of unbranched alkanes of at least 4 members (excludes halogenated alkanes) is 2. The first kappa shape index (κ1) is 34.3. The van der Waals surface area contributed by atoms with E-state index in [0.717, 1.165) is 50.6 Å². The van der Waals surface area contributed by atoms with Crippen molar-refractivity contribution in [1.29, 1.82) is 0 Å². The van der Waals surface area contributed by atoms with Gasteiger partial charge in [-0.05, 0) is 64.9 Å². The highest BCUT2D eigenvalue weighted by atomic mass is 32.2. The van der Waals surface area contributed by atoms with Gasteiger partial charge in [-0.1, -0.05) is 73.2 Å². The first-order chi connectivity index (χ1) is 23.0. The van der Waals surface area contributed by atoms with Gasteiger partial charge < -0.3 is 19.9 Å². The van der Waals surface area contributed by atoms with Crippen LogP contribution in [0.4, 0.5) is 0 Å². The number of hydrogen-bond donors (Lipinski definition) is 4. The molecule has 4 N–H and O–H groups in total. The standard InChI is InChI=1S/C37H41N3O6S/c41-24-26-15-17-28(18-16-26)33-22-32(25-47-36-14-4-5-19-38-36)45-37(46-33)31-11-7-10-30(21-31)29-9-6-8-27(20-29)23-39-34(42)12-2-1-3-13-35(43)40-44/h4-11,14-21,32-33,37,41,44H,1-3,12-13,22-25H2,(H,39,42)(H,40,43)/t32-,33+,37+/m0/s1. The van der Waals surface area contributed by atoms with Crippen LogP contribution in [0.3, 0.4) is 0 Å². The smallest absolute Gasteiger partial charge is 0.243 e. The van der Waals surface area contributed by atoms with Crippen molar-refractivity contribution < 1.29 is 29.4 Å². The lowest BCUT2D eigenvalue weighted by atomic mass is 9.99. The van der Waals surface area contributed by atoms with E-state index in [-0.39, 0.29) is 31.1 Å². The Morgan fingerprint density at radius 1 is 0.809 bits per heavy atom. The molecule has 10 heteroatoms. The fourth-order valence-corrected chi connectivity index (χ4v) is 6.33. The van der Waals surface area contributed by atoms with E-state index < -0.39 is 12.2 Å². The largest absolute Gasteiger partial charge is 0.392 e. The molecule has 0 bridgehead atoms. The molecule has 1 aliphatic rings. The number of rotatable bonds is 15. The molecule has 1 saturated heterocycles. The number of pyridine rings is 1. The van der Waals surface area contributed by atoms with Gasteiger partial charge in [0.1, 0.15) is 0 Å².